The maximum Gasteiger partial charge on any atom is 0.244 e. The fourth-order valence-electron chi connectivity index (χ4n) is 5.01. The van der Waals surface area contributed by atoms with Crippen LogP contribution in [0.1, 0.15) is 36.8 Å². The largest absolute Gasteiger partial charge is 0.352 e. The van der Waals surface area contributed by atoms with Gasteiger partial charge in [0.2, 0.25) is 21.8 Å². The normalized spacial score (nSPS) is 14.4. The van der Waals surface area contributed by atoms with E-state index in [1.54, 1.807) is 24.3 Å². The minimum Gasteiger partial charge on any atom is -0.352 e. The number of rotatable bonds is 11. The van der Waals surface area contributed by atoms with Crippen molar-refractivity contribution in [2.45, 2.75) is 50.7 Å². The molecule has 42 heavy (non-hydrogen) atoms. The molecule has 1 saturated carbocycles. The van der Waals surface area contributed by atoms with Gasteiger partial charge < -0.3 is 10.2 Å². The lowest BCUT2D eigenvalue weighted by Crippen LogP contribution is -2.54. The Balaban J connectivity index is 1.75. The van der Waals surface area contributed by atoms with Gasteiger partial charge in [0.05, 0.1) is 27.0 Å². The Hall–Kier alpha value is -2.49. The number of halogens is 4. The molecule has 0 spiro atoms. The number of hydrogen-bond acceptors (Lipinski definition) is 4. The van der Waals surface area contributed by atoms with Crippen LogP contribution >= 0.6 is 46.4 Å². The van der Waals surface area contributed by atoms with Crippen molar-refractivity contribution in [3.8, 4) is 0 Å². The Kier molecular flexibility index (Phi) is 11.1. The summed E-state index contributed by atoms with van der Waals surface area (Å²) in [6.07, 6.45) is 4.98. The van der Waals surface area contributed by atoms with E-state index in [0.717, 1.165) is 47.4 Å². The number of hydrogen-bond donors (Lipinski definition) is 1. The molecule has 2 amide bonds. The predicted octanol–water partition coefficient (Wildman–Crippen LogP) is 6.77. The molecule has 0 radical (unpaired) electrons. The van der Waals surface area contributed by atoms with E-state index < -0.39 is 28.5 Å². The first-order valence-corrected chi connectivity index (χ1v) is 16.8. The van der Waals surface area contributed by atoms with Crippen molar-refractivity contribution in [3.63, 3.8) is 0 Å². The zero-order valence-corrected chi connectivity index (χ0v) is 26.7. The molecule has 1 aliphatic carbocycles. The molecule has 1 unspecified atom stereocenters. The van der Waals surface area contributed by atoms with Crippen LogP contribution in [-0.2, 0) is 32.6 Å². The zero-order chi connectivity index (χ0) is 30.4. The Bertz CT molecular complexity index is 1520. The van der Waals surface area contributed by atoms with Crippen molar-refractivity contribution in [1.82, 2.24) is 10.2 Å². The van der Waals surface area contributed by atoms with Crippen LogP contribution in [0.5, 0.6) is 0 Å². The van der Waals surface area contributed by atoms with Crippen LogP contribution in [0, 0.1) is 0 Å². The highest BCUT2D eigenvalue weighted by Gasteiger charge is 2.34. The third-order valence-electron chi connectivity index (χ3n) is 7.18. The van der Waals surface area contributed by atoms with E-state index in [2.05, 4.69) is 5.32 Å². The van der Waals surface area contributed by atoms with Crippen LogP contribution in [-0.4, -0.2) is 50.0 Å². The molecule has 0 aromatic heterocycles. The third-order valence-corrected chi connectivity index (χ3v) is 9.58. The molecule has 12 heteroatoms. The number of nitrogens with one attached hydrogen (secondary N) is 1. The summed E-state index contributed by atoms with van der Waals surface area (Å²) in [5.41, 5.74) is 1.58. The summed E-state index contributed by atoms with van der Waals surface area (Å²) in [6.45, 7) is -0.579. The van der Waals surface area contributed by atoms with Gasteiger partial charge in [0.25, 0.3) is 0 Å². The van der Waals surface area contributed by atoms with Crippen molar-refractivity contribution >= 4 is 73.9 Å². The summed E-state index contributed by atoms with van der Waals surface area (Å²) >= 11 is 24.7. The summed E-state index contributed by atoms with van der Waals surface area (Å²) < 4.78 is 26.8. The van der Waals surface area contributed by atoms with Gasteiger partial charge in [-0.2, -0.15) is 0 Å². The first-order valence-electron chi connectivity index (χ1n) is 13.4. The maximum atomic E-state index is 14.2. The molecule has 4 rings (SSSR count). The Labute approximate surface area is 266 Å². The van der Waals surface area contributed by atoms with Gasteiger partial charge in [0.15, 0.2) is 0 Å². The van der Waals surface area contributed by atoms with Gasteiger partial charge in [-0.3, -0.25) is 13.9 Å². The molecule has 0 aliphatic heterocycles. The highest BCUT2D eigenvalue weighted by atomic mass is 35.5. The molecule has 224 valence electrons. The summed E-state index contributed by atoms with van der Waals surface area (Å²) in [5, 5.41) is 3.87. The molecule has 0 heterocycles. The lowest BCUT2D eigenvalue weighted by molar-refractivity contribution is -0.140. The predicted molar refractivity (Wildman–Crippen MR) is 170 cm³/mol. The molecule has 1 N–H and O–H groups in total. The van der Waals surface area contributed by atoms with E-state index >= 15 is 0 Å². The smallest absolute Gasteiger partial charge is 0.244 e. The van der Waals surface area contributed by atoms with Gasteiger partial charge in [-0.25, -0.2) is 8.42 Å². The van der Waals surface area contributed by atoms with Gasteiger partial charge in [0, 0.05) is 24.0 Å². The lowest BCUT2D eigenvalue weighted by Gasteiger charge is -2.34. The van der Waals surface area contributed by atoms with E-state index in [-0.39, 0.29) is 45.7 Å². The lowest BCUT2D eigenvalue weighted by atomic mass is 10.0. The summed E-state index contributed by atoms with van der Waals surface area (Å²) in [6, 6.07) is 18.0. The van der Waals surface area contributed by atoms with E-state index in [9.17, 15) is 18.0 Å². The molecular weight excluding hydrogens is 640 g/mol. The Morgan fingerprint density at radius 1 is 0.881 bits per heavy atom. The van der Waals surface area contributed by atoms with Gasteiger partial charge in [-0.15, -0.1) is 0 Å². The van der Waals surface area contributed by atoms with Crippen LogP contribution in [0.4, 0.5) is 5.69 Å². The quantitative estimate of drug-likeness (QED) is 0.228. The number of carbonyl (C=O) groups excluding carboxylic acids is 2. The monoisotopic (exact) mass is 669 g/mol. The van der Waals surface area contributed by atoms with Crippen molar-refractivity contribution in [2.75, 3.05) is 17.1 Å². The fourth-order valence-corrected chi connectivity index (χ4v) is 6.68. The van der Waals surface area contributed by atoms with E-state index in [4.69, 9.17) is 46.4 Å². The summed E-state index contributed by atoms with van der Waals surface area (Å²) in [5.74, 6) is -0.897. The summed E-state index contributed by atoms with van der Waals surface area (Å²) in [7, 11) is -4.02. The topological polar surface area (TPSA) is 86.8 Å². The second-order valence-electron chi connectivity index (χ2n) is 10.3. The molecule has 1 fully saturated rings. The molecule has 7 nitrogen and oxygen atoms in total. The minimum absolute atomic E-state index is 0.00313. The maximum absolute atomic E-state index is 14.2. The number of amides is 2. The second kappa shape index (κ2) is 14.3. The van der Waals surface area contributed by atoms with Gasteiger partial charge in [-0.05, 0) is 48.2 Å². The molecular formula is C30H31Cl4N3O4S. The van der Waals surface area contributed by atoms with E-state index in [1.165, 1.54) is 17.0 Å². The van der Waals surface area contributed by atoms with Crippen LogP contribution in [0.2, 0.25) is 20.1 Å². The van der Waals surface area contributed by atoms with Crippen LogP contribution in [0.15, 0.2) is 66.7 Å². The summed E-state index contributed by atoms with van der Waals surface area (Å²) in [4.78, 5) is 29.5. The minimum atomic E-state index is -4.02. The second-order valence-corrected chi connectivity index (χ2v) is 13.9. The van der Waals surface area contributed by atoms with Gasteiger partial charge >= 0.3 is 0 Å². The van der Waals surface area contributed by atoms with Gasteiger partial charge in [0.1, 0.15) is 12.6 Å². The van der Waals surface area contributed by atoms with Crippen LogP contribution in [0.3, 0.4) is 0 Å². The Morgan fingerprint density at radius 2 is 1.50 bits per heavy atom. The molecule has 3 aromatic carbocycles. The van der Waals surface area contributed by atoms with Crippen molar-refractivity contribution in [2.24, 2.45) is 0 Å². The van der Waals surface area contributed by atoms with Crippen LogP contribution < -0.4 is 9.62 Å². The molecule has 3 aromatic rings. The SMILES string of the molecule is CS(=O)(=O)N(CC(=O)N(Cc1ccc(Cl)cc1)C(Cc1ccccc1)C(=O)NC1CCCC1)c1cc(Cl)c(Cl)cc1Cl. The average Bonchev–Trinajstić information content (AvgIpc) is 3.45. The molecule has 1 aliphatic rings. The number of benzene rings is 3. The average molecular weight is 671 g/mol. The van der Waals surface area contributed by atoms with E-state index in [1.807, 2.05) is 30.3 Å². The van der Waals surface area contributed by atoms with Crippen LogP contribution in [0.25, 0.3) is 0 Å². The molecule has 0 bridgehead atoms. The number of nitrogens with zero attached hydrogens (tertiary/aromatic N) is 2. The first-order chi connectivity index (χ1) is 19.9. The molecule has 1 atom stereocenters. The zero-order valence-electron chi connectivity index (χ0n) is 22.9. The van der Waals surface area contributed by atoms with E-state index in [0.29, 0.717) is 5.02 Å². The van der Waals surface area contributed by atoms with Gasteiger partial charge in [-0.1, -0.05) is 102 Å². The van der Waals surface area contributed by atoms with Crippen molar-refractivity contribution in [3.05, 3.63) is 97.9 Å². The number of anilines is 1. The van der Waals surface area contributed by atoms with Crippen molar-refractivity contribution in [1.29, 1.82) is 0 Å². The first kappa shape index (κ1) is 32.4. The number of carbonyl (C=O) groups is 2. The highest BCUT2D eigenvalue weighted by Crippen LogP contribution is 2.36. The molecule has 0 saturated heterocycles. The Morgan fingerprint density at radius 3 is 2.12 bits per heavy atom. The standard InChI is InChI=1S/C30H31Cl4N3O4S/c1-42(40,41)37(27-17-25(33)24(32)16-26(27)34)19-29(38)36(18-21-11-13-22(31)14-12-21)28(15-20-7-3-2-4-8-20)30(39)35-23-9-5-6-10-23/h2-4,7-8,11-14,16-17,23,28H,5-6,9-10,15,18-19H2,1H3,(H,35,39). The van der Waals surface area contributed by atoms with Crippen molar-refractivity contribution < 1.29 is 18.0 Å². The highest BCUT2D eigenvalue weighted by molar-refractivity contribution is 7.92. The third kappa shape index (κ3) is 8.54. The fraction of sp³-hybridized carbons (Fsp3) is 0.333. The number of sulfonamides is 1.